The molecule has 0 aromatic heterocycles. The third-order valence-electron chi connectivity index (χ3n) is 3.16. The zero-order valence-electron chi connectivity index (χ0n) is 10.3. The van der Waals surface area contributed by atoms with Crippen LogP contribution < -0.4 is 5.32 Å². The second kappa shape index (κ2) is 8.43. The van der Waals surface area contributed by atoms with E-state index >= 15 is 0 Å². The molecule has 1 atom stereocenters. The van der Waals surface area contributed by atoms with E-state index in [0.29, 0.717) is 0 Å². The number of piperidine rings is 1. The molecule has 1 unspecified atom stereocenters. The van der Waals surface area contributed by atoms with Crippen LogP contribution in [0.5, 0.6) is 0 Å². The van der Waals surface area contributed by atoms with Gasteiger partial charge < -0.3 is 10.2 Å². The summed E-state index contributed by atoms with van der Waals surface area (Å²) in [5, 5.41) is 3.63. The summed E-state index contributed by atoms with van der Waals surface area (Å²) >= 11 is 1.96. The molecule has 1 heterocycles. The van der Waals surface area contributed by atoms with Crippen LogP contribution >= 0.6 is 11.8 Å². The first-order valence-corrected chi connectivity index (χ1v) is 7.71. The summed E-state index contributed by atoms with van der Waals surface area (Å²) in [6.45, 7) is 7.24. The Hall–Kier alpha value is 0.270. The van der Waals surface area contributed by atoms with E-state index in [1.54, 1.807) is 0 Å². The minimum atomic E-state index is 0.757. The Bertz CT molecular complexity index is 147. The van der Waals surface area contributed by atoms with Gasteiger partial charge in [0.25, 0.3) is 0 Å². The predicted octanol–water partition coefficient (Wildman–Crippen LogP) is 2.20. The molecular weight excluding hydrogens is 204 g/mol. The Morgan fingerprint density at radius 3 is 2.87 bits per heavy atom. The zero-order valence-corrected chi connectivity index (χ0v) is 11.1. The van der Waals surface area contributed by atoms with Crippen LogP contribution in [0, 0.1) is 0 Å². The lowest BCUT2D eigenvalue weighted by molar-refractivity contribution is 0.234. The fourth-order valence-electron chi connectivity index (χ4n) is 2.20. The maximum absolute atomic E-state index is 3.63. The molecule has 1 N–H and O–H groups in total. The molecular formula is C12H26N2S. The largest absolute Gasteiger partial charge is 0.313 e. The lowest BCUT2D eigenvalue weighted by atomic mass is 10.0. The predicted molar refractivity (Wildman–Crippen MR) is 70.8 cm³/mol. The minimum Gasteiger partial charge on any atom is -0.313 e. The van der Waals surface area contributed by atoms with Crippen LogP contribution in [0.15, 0.2) is 0 Å². The van der Waals surface area contributed by atoms with E-state index < -0.39 is 0 Å². The maximum atomic E-state index is 3.63. The van der Waals surface area contributed by atoms with E-state index in [1.165, 1.54) is 57.6 Å². The number of hydrogen-bond acceptors (Lipinski definition) is 3. The van der Waals surface area contributed by atoms with Crippen LogP contribution in [0.4, 0.5) is 0 Å². The standard InChI is InChI=1S/C12H26N2S/c1-3-14(9-6-10-15-2)11-12-7-4-5-8-13-12/h12-13H,3-11H2,1-2H3. The van der Waals surface area contributed by atoms with Gasteiger partial charge in [0.2, 0.25) is 0 Å². The van der Waals surface area contributed by atoms with Crippen molar-refractivity contribution < 1.29 is 0 Å². The van der Waals surface area contributed by atoms with Gasteiger partial charge in [-0.15, -0.1) is 0 Å². The maximum Gasteiger partial charge on any atom is 0.0195 e. The highest BCUT2D eigenvalue weighted by atomic mass is 32.2. The van der Waals surface area contributed by atoms with Gasteiger partial charge in [0.15, 0.2) is 0 Å². The molecule has 0 amide bonds. The number of hydrogen-bond donors (Lipinski definition) is 1. The SMILES string of the molecule is CCN(CCCSC)CC1CCCCN1. The Balaban J connectivity index is 2.13. The van der Waals surface area contributed by atoms with Crippen molar-refractivity contribution in [1.29, 1.82) is 0 Å². The van der Waals surface area contributed by atoms with E-state index in [2.05, 4.69) is 23.4 Å². The van der Waals surface area contributed by atoms with Crippen LogP contribution in [0.25, 0.3) is 0 Å². The van der Waals surface area contributed by atoms with E-state index in [-0.39, 0.29) is 0 Å². The van der Waals surface area contributed by atoms with Gasteiger partial charge in [0, 0.05) is 12.6 Å². The molecule has 0 aromatic carbocycles. The molecule has 1 aliphatic heterocycles. The molecule has 15 heavy (non-hydrogen) atoms. The van der Waals surface area contributed by atoms with Crippen molar-refractivity contribution in [2.45, 2.75) is 38.6 Å². The number of nitrogens with zero attached hydrogens (tertiary/aromatic N) is 1. The van der Waals surface area contributed by atoms with Gasteiger partial charge in [0.05, 0.1) is 0 Å². The highest BCUT2D eigenvalue weighted by Crippen LogP contribution is 2.09. The second-order valence-corrected chi connectivity index (χ2v) is 5.37. The minimum absolute atomic E-state index is 0.757. The number of thioether (sulfide) groups is 1. The van der Waals surface area contributed by atoms with Crippen molar-refractivity contribution in [3.63, 3.8) is 0 Å². The lowest BCUT2D eigenvalue weighted by Gasteiger charge is -2.29. The average Bonchev–Trinajstić information content (AvgIpc) is 2.29. The fraction of sp³-hybridized carbons (Fsp3) is 1.00. The second-order valence-electron chi connectivity index (χ2n) is 4.39. The average molecular weight is 230 g/mol. The van der Waals surface area contributed by atoms with Crippen LogP contribution in [0.1, 0.15) is 32.6 Å². The van der Waals surface area contributed by atoms with Crippen molar-refractivity contribution in [3.05, 3.63) is 0 Å². The molecule has 0 radical (unpaired) electrons. The molecule has 0 spiro atoms. The summed E-state index contributed by atoms with van der Waals surface area (Å²) in [6, 6.07) is 0.757. The molecule has 0 aliphatic carbocycles. The molecule has 0 saturated carbocycles. The summed E-state index contributed by atoms with van der Waals surface area (Å²) in [7, 11) is 0. The molecule has 1 fully saturated rings. The number of likely N-dealkylation sites (N-methyl/N-ethyl adjacent to an activating group) is 1. The normalized spacial score (nSPS) is 22.2. The monoisotopic (exact) mass is 230 g/mol. The first-order valence-electron chi connectivity index (χ1n) is 6.31. The van der Waals surface area contributed by atoms with Gasteiger partial charge >= 0.3 is 0 Å². The highest BCUT2D eigenvalue weighted by Gasteiger charge is 2.15. The Kier molecular flexibility index (Phi) is 7.49. The fourth-order valence-corrected chi connectivity index (χ4v) is 2.62. The van der Waals surface area contributed by atoms with Crippen molar-refractivity contribution in [2.75, 3.05) is 38.2 Å². The smallest absolute Gasteiger partial charge is 0.0195 e. The quantitative estimate of drug-likeness (QED) is 0.675. The van der Waals surface area contributed by atoms with Crippen molar-refractivity contribution in [3.8, 4) is 0 Å². The topological polar surface area (TPSA) is 15.3 Å². The third-order valence-corrected chi connectivity index (χ3v) is 3.86. The summed E-state index contributed by atoms with van der Waals surface area (Å²) < 4.78 is 0. The van der Waals surface area contributed by atoms with E-state index in [0.717, 1.165) is 6.04 Å². The van der Waals surface area contributed by atoms with Gasteiger partial charge in [-0.3, -0.25) is 0 Å². The summed E-state index contributed by atoms with van der Waals surface area (Å²) in [5.74, 6) is 1.30. The number of nitrogens with one attached hydrogen (secondary N) is 1. The number of rotatable bonds is 7. The van der Waals surface area contributed by atoms with Crippen LogP contribution in [0.2, 0.25) is 0 Å². The highest BCUT2D eigenvalue weighted by molar-refractivity contribution is 7.98. The Morgan fingerprint density at radius 2 is 2.27 bits per heavy atom. The first-order chi connectivity index (χ1) is 7.36. The molecule has 3 heteroatoms. The van der Waals surface area contributed by atoms with E-state index in [9.17, 15) is 0 Å². The zero-order chi connectivity index (χ0) is 10.9. The van der Waals surface area contributed by atoms with Gasteiger partial charge in [-0.25, -0.2) is 0 Å². The van der Waals surface area contributed by atoms with Gasteiger partial charge in [-0.1, -0.05) is 13.3 Å². The molecule has 1 rings (SSSR count). The van der Waals surface area contributed by atoms with Crippen molar-refractivity contribution >= 4 is 11.8 Å². The Labute approximate surface area is 99.2 Å². The molecule has 90 valence electrons. The van der Waals surface area contributed by atoms with Gasteiger partial charge in [-0.05, 0) is 50.9 Å². The van der Waals surface area contributed by atoms with Crippen molar-refractivity contribution in [2.24, 2.45) is 0 Å². The molecule has 0 aromatic rings. The van der Waals surface area contributed by atoms with Crippen LogP contribution in [-0.2, 0) is 0 Å². The van der Waals surface area contributed by atoms with E-state index in [1.807, 2.05) is 11.8 Å². The van der Waals surface area contributed by atoms with Gasteiger partial charge in [-0.2, -0.15) is 11.8 Å². The lowest BCUT2D eigenvalue weighted by Crippen LogP contribution is -2.43. The summed E-state index contributed by atoms with van der Waals surface area (Å²) in [5.41, 5.74) is 0. The van der Waals surface area contributed by atoms with Crippen LogP contribution in [-0.4, -0.2) is 49.1 Å². The summed E-state index contributed by atoms with van der Waals surface area (Å²) in [4.78, 5) is 2.60. The first kappa shape index (κ1) is 13.3. The molecule has 0 bridgehead atoms. The summed E-state index contributed by atoms with van der Waals surface area (Å²) in [6.07, 6.45) is 7.69. The van der Waals surface area contributed by atoms with Crippen LogP contribution in [0.3, 0.4) is 0 Å². The Morgan fingerprint density at radius 1 is 1.40 bits per heavy atom. The van der Waals surface area contributed by atoms with E-state index in [4.69, 9.17) is 0 Å². The molecule has 2 nitrogen and oxygen atoms in total. The van der Waals surface area contributed by atoms with Crippen molar-refractivity contribution in [1.82, 2.24) is 10.2 Å². The molecule has 1 aliphatic rings. The third kappa shape index (κ3) is 5.79. The van der Waals surface area contributed by atoms with Gasteiger partial charge in [0.1, 0.15) is 0 Å². The molecule has 1 saturated heterocycles.